The third kappa shape index (κ3) is 1.72. The van der Waals surface area contributed by atoms with E-state index in [1.54, 1.807) is 6.20 Å². The Morgan fingerprint density at radius 3 is 2.91 bits per heavy atom. The van der Waals surface area contributed by atoms with Crippen molar-refractivity contribution < 1.29 is 4.79 Å². The van der Waals surface area contributed by atoms with Gasteiger partial charge in [0.1, 0.15) is 0 Å². The zero-order valence-corrected chi connectivity index (χ0v) is 12.5. The number of nitrogens with zero attached hydrogens (tertiary/aromatic N) is 3. The van der Waals surface area contributed by atoms with Crippen LogP contribution in [0.15, 0.2) is 40.3 Å². The number of hydrazine groups is 1. The summed E-state index contributed by atoms with van der Waals surface area (Å²) in [5, 5.41) is 2.04. The molecular formula is C17H20N4O. The Morgan fingerprint density at radius 1 is 1.27 bits per heavy atom. The third-order valence-electron chi connectivity index (χ3n) is 5.89. The summed E-state index contributed by atoms with van der Waals surface area (Å²) in [6.07, 6.45) is 9.86. The minimum Gasteiger partial charge on any atom is -0.303 e. The van der Waals surface area contributed by atoms with Crippen LogP contribution in [0.2, 0.25) is 0 Å². The van der Waals surface area contributed by atoms with Crippen molar-refractivity contribution in [3.05, 3.63) is 35.3 Å². The number of nitrogens with one attached hydrogen (secondary N) is 1. The zero-order valence-electron chi connectivity index (χ0n) is 12.5. The first kappa shape index (κ1) is 12.8. The van der Waals surface area contributed by atoms with Gasteiger partial charge in [0.2, 0.25) is 0 Å². The number of hydrogen-bond donors (Lipinski definition) is 1. The molecule has 3 fully saturated rings. The SMILES string of the molecule is O=C1C=C2C=NC=CN3NCC(=C23)[C@@H]1C1CN2CCC1CC2. The number of piperidine rings is 3. The smallest absolute Gasteiger partial charge is 0.164 e. The molecule has 5 nitrogen and oxygen atoms in total. The molecule has 0 spiro atoms. The predicted octanol–water partition coefficient (Wildman–Crippen LogP) is 1.08. The molecule has 5 heterocycles. The van der Waals surface area contributed by atoms with Crippen LogP contribution < -0.4 is 5.43 Å². The summed E-state index contributed by atoms with van der Waals surface area (Å²) >= 11 is 0. The molecule has 5 aliphatic heterocycles. The van der Waals surface area contributed by atoms with Gasteiger partial charge in [-0.25, -0.2) is 5.43 Å². The van der Waals surface area contributed by atoms with Crippen LogP contribution in [0.1, 0.15) is 12.8 Å². The Labute approximate surface area is 130 Å². The van der Waals surface area contributed by atoms with Gasteiger partial charge >= 0.3 is 0 Å². The molecule has 1 unspecified atom stereocenters. The molecule has 0 aromatic rings. The number of fused-ring (bicyclic) bond motifs is 3. The first-order valence-corrected chi connectivity index (χ1v) is 8.25. The summed E-state index contributed by atoms with van der Waals surface area (Å²) in [5.74, 6) is 1.54. The first-order chi connectivity index (χ1) is 10.8. The molecule has 5 heteroatoms. The van der Waals surface area contributed by atoms with Gasteiger partial charge in [-0.15, -0.1) is 0 Å². The van der Waals surface area contributed by atoms with Gasteiger partial charge in [-0.1, -0.05) is 0 Å². The third-order valence-corrected chi connectivity index (χ3v) is 5.89. The maximum Gasteiger partial charge on any atom is 0.164 e. The van der Waals surface area contributed by atoms with Crippen molar-refractivity contribution in [3.63, 3.8) is 0 Å². The molecule has 22 heavy (non-hydrogen) atoms. The zero-order chi connectivity index (χ0) is 14.7. The lowest BCUT2D eigenvalue weighted by molar-refractivity contribution is -0.121. The minimum atomic E-state index is 0.0595. The van der Waals surface area contributed by atoms with Gasteiger partial charge < -0.3 is 4.90 Å². The predicted molar refractivity (Wildman–Crippen MR) is 83.7 cm³/mol. The second-order valence-corrected chi connectivity index (χ2v) is 6.94. The van der Waals surface area contributed by atoms with Crippen molar-refractivity contribution in [2.75, 3.05) is 26.2 Å². The van der Waals surface area contributed by atoms with Crippen molar-refractivity contribution in [1.29, 1.82) is 0 Å². The number of ketones is 1. The molecule has 1 N–H and O–H groups in total. The number of allylic oxidation sites excluding steroid dienone is 2. The lowest BCUT2D eigenvalue weighted by atomic mass is 9.67. The molecule has 1 aliphatic carbocycles. The van der Waals surface area contributed by atoms with Crippen LogP contribution >= 0.6 is 0 Å². The quantitative estimate of drug-likeness (QED) is 0.787. The van der Waals surface area contributed by atoms with E-state index in [4.69, 9.17) is 0 Å². The molecular weight excluding hydrogens is 276 g/mol. The molecule has 114 valence electrons. The Kier molecular flexibility index (Phi) is 2.69. The number of rotatable bonds is 1. The molecule has 6 rings (SSSR count). The highest BCUT2D eigenvalue weighted by atomic mass is 16.1. The Balaban J connectivity index is 1.57. The van der Waals surface area contributed by atoms with E-state index < -0.39 is 0 Å². The number of carbonyl (C=O) groups excluding carboxylic acids is 1. The second-order valence-electron chi connectivity index (χ2n) is 6.94. The summed E-state index contributed by atoms with van der Waals surface area (Å²) in [4.78, 5) is 19.6. The maximum atomic E-state index is 12.9. The van der Waals surface area contributed by atoms with Crippen molar-refractivity contribution in [2.24, 2.45) is 22.7 Å². The van der Waals surface area contributed by atoms with Crippen LogP contribution in [-0.2, 0) is 4.79 Å². The molecule has 0 aromatic heterocycles. The monoisotopic (exact) mass is 296 g/mol. The largest absolute Gasteiger partial charge is 0.303 e. The Bertz CT molecular complexity index is 652. The topological polar surface area (TPSA) is 47.9 Å². The fraction of sp³-hybridized carbons (Fsp3) is 0.529. The summed E-state index contributed by atoms with van der Waals surface area (Å²) < 4.78 is 0. The average molecular weight is 296 g/mol. The van der Waals surface area contributed by atoms with Crippen molar-refractivity contribution in [2.45, 2.75) is 12.8 Å². The highest BCUT2D eigenvalue weighted by molar-refractivity contribution is 6.04. The van der Waals surface area contributed by atoms with Crippen LogP contribution in [0.5, 0.6) is 0 Å². The van der Waals surface area contributed by atoms with E-state index in [2.05, 4.69) is 15.3 Å². The van der Waals surface area contributed by atoms with Crippen molar-refractivity contribution in [1.82, 2.24) is 15.3 Å². The summed E-state index contributed by atoms with van der Waals surface area (Å²) in [7, 11) is 0. The molecule has 0 aromatic carbocycles. The fourth-order valence-corrected chi connectivity index (χ4v) is 4.86. The summed E-state index contributed by atoms with van der Waals surface area (Å²) in [5.41, 5.74) is 6.78. The van der Waals surface area contributed by atoms with Gasteiger partial charge in [0.05, 0.1) is 11.6 Å². The lowest BCUT2D eigenvalue weighted by Gasteiger charge is -2.48. The van der Waals surface area contributed by atoms with E-state index >= 15 is 0 Å². The van der Waals surface area contributed by atoms with Crippen LogP contribution in [0.4, 0.5) is 0 Å². The van der Waals surface area contributed by atoms with Gasteiger partial charge in [0.15, 0.2) is 5.78 Å². The molecule has 3 saturated heterocycles. The standard InChI is InChI=1S/C17H20N4O/c22-15-7-12-8-18-3-6-21-17(12)13(9-19-21)16(15)14-10-20-4-1-11(14)2-5-20/h3,6-8,11,14,16,19H,1-2,4-5,9-10H2/t14?,16-/m1/s1. The normalized spacial score (nSPS) is 39.2. The first-order valence-electron chi connectivity index (χ1n) is 8.25. The molecule has 0 amide bonds. The van der Waals surface area contributed by atoms with Crippen LogP contribution in [0.25, 0.3) is 0 Å². The van der Waals surface area contributed by atoms with Gasteiger partial charge in [0.25, 0.3) is 0 Å². The van der Waals surface area contributed by atoms with Crippen LogP contribution in [-0.4, -0.2) is 48.1 Å². The van der Waals surface area contributed by atoms with E-state index in [-0.39, 0.29) is 11.7 Å². The van der Waals surface area contributed by atoms with Crippen LogP contribution in [0.3, 0.4) is 0 Å². The van der Waals surface area contributed by atoms with Crippen molar-refractivity contribution in [3.8, 4) is 0 Å². The highest BCUT2D eigenvalue weighted by Crippen LogP contribution is 2.44. The molecule has 0 saturated carbocycles. The lowest BCUT2D eigenvalue weighted by Crippen LogP contribution is -2.51. The van der Waals surface area contributed by atoms with Crippen LogP contribution in [0, 0.1) is 17.8 Å². The molecule has 6 aliphatic rings. The van der Waals surface area contributed by atoms with E-state index in [1.165, 1.54) is 37.2 Å². The summed E-state index contributed by atoms with van der Waals surface area (Å²) in [6, 6.07) is 0. The highest BCUT2D eigenvalue weighted by Gasteiger charge is 2.46. The number of carbonyl (C=O) groups is 1. The van der Waals surface area contributed by atoms with Crippen molar-refractivity contribution >= 4 is 12.0 Å². The van der Waals surface area contributed by atoms with Gasteiger partial charge in [0, 0.05) is 37.3 Å². The molecule has 2 atom stereocenters. The maximum absolute atomic E-state index is 12.9. The summed E-state index contributed by atoms with van der Waals surface area (Å²) in [6.45, 7) is 4.30. The van der Waals surface area contributed by atoms with E-state index in [0.717, 1.165) is 18.7 Å². The van der Waals surface area contributed by atoms with E-state index in [9.17, 15) is 4.79 Å². The Morgan fingerprint density at radius 2 is 2.14 bits per heavy atom. The molecule has 2 bridgehead atoms. The molecule has 0 radical (unpaired) electrons. The van der Waals surface area contributed by atoms with E-state index in [0.29, 0.717) is 11.8 Å². The van der Waals surface area contributed by atoms with E-state index in [1.807, 2.05) is 23.5 Å². The Hall–Kier alpha value is -1.72. The second kappa shape index (κ2) is 4.64. The number of aliphatic imine (C=N–C) groups is 1. The fourth-order valence-electron chi connectivity index (χ4n) is 4.86. The minimum absolute atomic E-state index is 0.0595. The van der Waals surface area contributed by atoms with Gasteiger partial charge in [-0.05, 0) is 49.4 Å². The number of hydrogen-bond acceptors (Lipinski definition) is 5. The average Bonchev–Trinajstić information content (AvgIpc) is 2.85. The van der Waals surface area contributed by atoms with Gasteiger partial charge in [-0.2, -0.15) is 0 Å². The van der Waals surface area contributed by atoms with Gasteiger partial charge in [-0.3, -0.25) is 14.8 Å².